The van der Waals surface area contributed by atoms with Crippen LogP contribution in [0.3, 0.4) is 0 Å². The fourth-order valence-corrected chi connectivity index (χ4v) is 2.68. The molecule has 10 heteroatoms. The lowest BCUT2D eigenvalue weighted by Crippen LogP contribution is -2.36. The Morgan fingerprint density at radius 3 is 2.03 bits per heavy atom. The average Bonchev–Trinajstić information content (AvgIpc) is 2.78. The summed E-state index contributed by atoms with van der Waals surface area (Å²) in [6.45, 7) is 7.10. The molecule has 1 rings (SSSR count). The van der Waals surface area contributed by atoms with Crippen LogP contribution in [0.1, 0.15) is 51.4 Å². The lowest BCUT2D eigenvalue weighted by molar-refractivity contribution is -0.202. The second kappa shape index (κ2) is 15.7. The van der Waals surface area contributed by atoms with Crippen LogP contribution in [-0.4, -0.2) is 61.9 Å². The zero-order valence-electron chi connectivity index (χ0n) is 18.1. The van der Waals surface area contributed by atoms with Gasteiger partial charge in [-0.3, -0.25) is 9.59 Å². The summed E-state index contributed by atoms with van der Waals surface area (Å²) in [7, 11) is 0. The van der Waals surface area contributed by atoms with Gasteiger partial charge in [0.2, 0.25) is 12.1 Å². The minimum absolute atomic E-state index is 0.0439. The standard InChI is InChI=1S/C22H30O10/c1-3-18(24)28-12-7-5-9-17(23)22(27)32-21-15-16(11-14-30-21)31-20(26)10-6-8-13-29-19(25)4-2/h3-4,16,21H,1-2,5-15H2. The Labute approximate surface area is 186 Å². The van der Waals surface area contributed by atoms with Crippen LogP contribution < -0.4 is 0 Å². The van der Waals surface area contributed by atoms with Gasteiger partial charge < -0.3 is 23.7 Å². The van der Waals surface area contributed by atoms with Crippen molar-refractivity contribution in [1.82, 2.24) is 0 Å². The topological polar surface area (TPSA) is 132 Å². The number of ether oxygens (including phenoxy) is 5. The highest BCUT2D eigenvalue weighted by atomic mass is 16.7. The third-order valence-corrected chi connectivity index (χ3v) is 4.36. The average molecular weight is 454 g/mol. The maximum Gasteiger partial charge on any atom is 0.376 e. The van der Waals surface area contributed by atoms with Gasteiger partial charge in [0.15, 0.2) is 0 Å². The van der Waals surface area contributed by atoms with E-state index < -0.39 is 42.1 Å². The lowest BCUT2D eigenvalue weighted by Gasteiger charge is -2.28. The Kier molecular flexibility index (Phi) is 13.3. The molecule has 1 aliphatic rings. The Bertz CT molecular complexity index is 684. The number of ketones is 1. The van der Waals surface area contributed by atoms with E-state index in [1.165, 1.54) is 0 Å². The predicted molar refractivity (Wildman–Crippen MR) is 110 cm³/mol. The molecule has 2 unspecified atom stereocenters. The molecule has 2 atom stereocenters. The Morgan fingerprint density at radius 1 is 0.844 bits per heavy atom. The molecule has 10 nitrogen and oxygen atoms in total. The van der Waals surface area contributed by atoms with Crippen molar-refractivity contribution in [2.24, 2.45) is 0 Å². The minimum Gasteiger partial charge on any atom is -0.463 e. The van der Waals surface area contributed by atoms with Crippen LogP contribution in [0.15, 0.2) is 25.3 Å². The van der Waals surface area contributed by atoms with Crippen LogP contribution in [0.25, 0.3) is 0 Å². The highest BCUT2D eigenvalue weighted by Gasteiger charge is 2.29. The summed E-state index contributed by atoms with van der Waals surface area (Å²) < 4.78 is 25.4. The number of unbranched alkanes of at least 4 members (excludes halogenated alkanes) is 2. The van der Waals surface area contributed by atoms with E-state index in [4.69, 9.17) is 23.7 Å². The van der Waals surface area contributed by atoms with Gasteiger partial charge in [0.05, 0.1) is 19.8 Å². The molecule has 32 heavy (non-hydrogen) atoms. The van der Waals surface area contributed by atoms with Crippen molar-refractivity contribution >= 4 is 29.7 Å². The van der Waals surface area contributed by atoms with Crippen LogP contribution in [-0.2, 0) is 47.7 Å². The van der Waals surface area contributed by atoms with Crippen molar-refractivity contribution in [2.75, 3.05) is 19.8 Å². The van der Waals surface area contributed by atoms with Crippen LogP contribution in [0.5, 0.6) is 0 Å². The van der Waals surface area contributed by atoms with Crippen LogP contribution in [0.4, 0.5) is 0 Å². The molecule has 0 radical (unpaired) electrons. The van der Waals surface area contributed by atoms with Gasteiger partial charge in [-0.1, -0.05) is 13.2 Å². The van der Waals surface area contributed by atoms with Crippen molar-refractivity contribution < 1.29 is 47.7 Å². The van der Waals surface area contributed by atoms with Crippen molar-refractivity contribution in [3.05, 3.63) is 25.3 Å². The van der Waals surface area contributed by atoms with Gasteiger partial charge in [0.1, 0.15) is 6.10 Å². The van der Waals surface area contributed by atoms with Gasteiger partial charge >= 0.3 is 23.9 Å². The van der Waals surface area contributed by atoms with Crippen molar-refractivity contribution in [3.8, 4) is 0 Å². The zero-order chi connectivity index (χ0) is 23.8. The predicted octanol–water partition coefficient (Wildman–Crippen LogP) is 1.95. The van der Waals surface area contributed by atoms with Gasteiger partial charge in [0, 0.05) is 37.8 Å². The maximum atomic E-state index is 11.9. The van der Waals surface area contributed by atoms with Crippen LogP contribution >= 0.6 is 0 Å². The fourth-order valence-electron chi connectivity index (χ4n) is 2.68. The first-order valence-corrected chi connectivity index (χ1v) is 10.5. The first-order valence-electron chi connectivity index (χ1n) is 10.5. The summed E-state index contributed by atoms with van der Waals surface area (Å²) >= 11 is 0. The highest BCUT2D eigenvalue weighted by Crippen LogP contribution is 2.19. The SMILES string of the molecule is C=CC(=O)OCCCCC(=O)OC1CCOC(OC(=O)C(=O)CCCCOC(=O)C=C)C1. The first-order chi connectivity index (χ1) is 15.3. The molecule has 0 saturated carbocycles. The molecule has 178 valence electrons. The van der Waals surface area contributed by atoms with E-state index in [9.17, 15) is 24.0 Å². The van der Waals surface area contributed by atoms with Gasteiger partial charge in [-0.15, -0.1) is 0 Å². The van der Waals surface area contributed by atoms with E-state index in [0.29, 0.717) is 32.1 Å². The number of carbonyl (C=O) groups is 5. The van der Waals surface area contributed by atoms with Crippen LogP contribution in [0.2, 0.25) is 0 Å². The van der Waals surface area contributed by atoms with E-state index in [2.05, 4.69) is 13.2 Å². The van der Waals surface area contributed by atoms with Crippen molar-refractivity contribution in [1.29, 1.82) is 0 Å². The normalized spacial score (nSPS) is 17.5. The summed E-state index contributed by atoms with van der Waals surface area (Å²) in [5.41, 5.74) is 0. The van der Waals surface area contributed by atoms with Gasteiger partial charge in [-0.2, -0.15) is 0 Å². The number of Topliss-reactive ketones (excluding diaryl/α,β-unsaturated/α-hetero) is 1. The molecule has 0 bridgehead atoms. The summed E-state index contributed by atoms with van der Waals surface area (Å²) in [6.07, 6.45) is 3.16. The second-order valence-corrected chi connectivity index (χ2v) is 6.92. The molecule has 0 N–H and O–H groups in total. The molecule has 1 fully saturated rings. The van der Waals surface area contributed by atoms with Crippen molar-refractivity contribution in [3.63, 3.8) is 0 Å². The molecular formula is C22H30O10. The van der Waals surface area contributed by atoms with Gasteiger partial charge in [-0.05, 0) is 25.7 Å². The molecule has 0 aromatic heterocycles. The number of hydrogen-bond donors (Lipinski definition) is 0. The summed E-state index contributed by atoms with van der Waals surface area (Å²) in [4.78, 5) is 57.6. The third kappa shape index (κ3) is 12.0. The molecule has 1 heterocycles. The molecule has 0 aliphatic carbocycles. The Morgan fingerprint density at radius 2 is 1.44 bits per heavy atom. The molecule has 0 aromatic carbocycles. The monoisotopic (exact) mass is 454 g/mol. The molecule has 1 saturated heterocycles. The Hall–Kier alpha value is -3.01. The molecular weight excluding hydrogens is 424 g/mol. The lowest BCUT2D eigenvalue weighted by atomic mass is 10.1. The third-order valence-electron chi connectivity index (χ3n) is 4.36. The highest BCUT2D eigenvalue weighted by molar-refractivity contribution is 6.33. The number of esters is 4. The second-order valence-electron chi connectivity index (χ2n) is 6.92. The summed E-state index contributed by atoms with van der Waals surface area (Å²) in [5, 5.41) is 0. The summed E-state index contributed by atoms with van der Waals surface area (Å²) in [5.74, 6) is -3.19. The summed E-state index contributed by atoms with van der Waals surface area (Å²) in [6, 6.07) is 0. The quantitative estimate of drug-likeness (QED) is 0.119. The largest absolute Gasteiger partial charge is 0.463 e. The van der Waals surface area contributed by atoms with Gasteiger partial charge in [0.25, 0.3) is 0 Å². The van der Waals surface area contributed by atoms with E-state index in [1.54, 1.807) is 0 Å². The van der Waals surface area contributed by atoms with Crippen LogP contribution in [0, 0.1) is 0 Å². The zero-order valence-corrected chi connectivity index (χ0v) is 18.1. The number of hydrogen-bond acceptors (Lipinski definition) is 10. The molecule has 0 amide bonds. The van der Waals surface area contributed by atoms with E-state index in [0.717, 1.165) is 12.2 Å². The molecule has 0 spiro atoms. The minimum atomic E-state index is -1.01. The smallest absolute Gasteiger partial charge is 0.376 e. The van der Waals surface area contributed by atoms with E-state index >= 15 is 0 Å². The number of rotatable bonds is 15. The first kappa shape index (κ1) is 27.0. The van der Waals surface area contributed by atoms with E-state index in [1.807, 2.05) is 0 Å². The number of carbonyl (C=O) groups excluding carboxylic acids is 5. The van der Waals surface area contributed by atoms with E-state index in [-0.39, 0.29) is 39.1 Å². The van der Waals surface area contributed by atoms with Crippen molar-refractivity contribution in [2.45, 2.75) is 63.8 Å². The maximum absolute atomic E-state index is 11.9. The van der Waals surface area contributed by atoms with Gasteiger partial charge in [-0.25, -0.2) is 14.4 Å². The fraction of sp³-hybridized carbons (Fsp3) is 0.591. The molecule has 1 aliphatic heterocycles. The Balaban J connectivity index is 2.22. The molecule has 0 aromatic rings.